The van der Waals surface area contributed by atoms with Gasteiger partial charge in [-0.2, -0.15) is 0 Å². The second-order valence-corrected chi connectivity index (χ2v) is 4.87. The maximum absolute atomic E-state index is 5.83. The predicted molar refractivity (Wildman–Crippen MR) is 77.1 cm³/mol. The van der Waals surface area contributed by atoms with E-state index in [0.717, 1.165) is 17.1 Å². The van der Waals surface area contributed by atoms with Crippen molar-refractivity contribution < 1.29 is 4.74 Å². The van der Waals surface area contributed by atoms with Gasteiger partial charge in [-0.05, 0) is 31.5 Å². The monoisotopic (exact) mass is 305 g/mol. The number of hydrogen-bond donors (Lipinski definition) is 0. The third-order valence-corrected chi connectivity index (χ3v) is 3.21. The molecule has 2 aromatic rings. The van der Waals surface area contributed by atoms with E-state index in [1.54, 1.807) is 0 Å². The van der Waals surface area contributed by atoms with Crippen LogP contribution in [0, 0.1) is 13.8 Å². The Labute approximate surface area is 116 Å². The summed E-state index contributed by atoms with van der Waals surface area (Å²) in [7, 11) is 0. The fraction of sp³-hybridized carbons (Fsp3) is 0.267. The molecule has 0 aliphatic carbocycles. The van der Waals surface area contributed by atoms with E-state index in [1.807, 2.05) is 25.1 Å². The van der Waals surface area contributed by atoms with Gasteiger partial charge in [0.05, 0.1) is 5.69 Å². The SMILES string of the molecule is Cc1cccc(COc2ccc(C)nc2CBr)c1. The molecular formula is C15H16BrNO. The number of nitrogens with zero attached hydrogens (tertiary/aromatic N) is 1. The van der Waals surface area contributed by atoms with Crippen LogP contribution in [-0.2, 0) is 11.9 Å². The number of rotatable bonds is 4. The summed E-state index contributed by atoms with van der Waals surface area (Å²) in [5.41, 5.74) is 4.38. The van der Waals surface area contributed by atoms with Crippen molar-refractivity contribution in [1.82, 2.24) is 4.98 Å². The molecule has 3 heteroatoms. The maximum Gasteiger partial charge on any atom is 0.142 e. The minimum Gasteiger partial charge on any atom is -0.487 e. The summed E-state index contributed by atoms with van der Waals surface area (Å²) in [5, 5.41) is 0.706. The average molecular weight is 306 g/mol. The Morgan fingerprint density at radius 1 is 1.17 bits per heavy atom. The molecule has 0 atom stereocenters. The number of aryl methyl sites for hydroxylation is 2. The van der Waals surface area contributed by atoms with Gasteiger partial charge in [0, 0.05) is 11.0 Å². The molecule has 0 unspecified atom stereocenters. The molecule has 2 rings (SSSR count). The van der Waals surface area contributed by atoms with Crippen LogP contribution >= 0.6 is 15.9 Å². The molecule has 0 N–H and O–H groups in total. The van der Waals surface area contributed by atoms with Gasteiger partial charge in [-0.15, -0.1) is 0 Å². The largest absolute Gasteiger partial charge is 0.487 e. The number of ether oxygens (including phenoxy) is 1. The van der Waals surface area contributed by atoms with Crippen LogP contribution in [0.15, 0.2) is 36.4 Å². The van der Waals surface area contributed by atoms with Crippen molar-refractivity contribution in [2.24, 2.45) is 0 Å². The first-order chi connectivity index (χ1) is 8.69. The number of hydrogen-bond acceptors (Lipinski definition) is 2. The molecule has 1 heterocycles. The zero-order valence-electron chi connectivity index (χ0n) is 10.6. The Bertz CT molecular complexity index is 540. The van der Waals surface area contributed by atoms with Gasteiger partial charge in [-0.25, -0.2) is 0 Å². The van der Waals surface area contributed by atoms with Gasteiger partial charge in [0.25, 0.3) is 0 Å². The molecule has 0 amide bonds. The van der Waals surface area contributed by atoms with E-state index in [2.05, 4.69) is 46.0 Å². The summed E-state index contributed by atoms with van der Waals surface area (Å²) in [6, 6.07) is 12.3. The quantitative estimate of drug-likeness (QED) is 0.791. The lowest BCUT2D eigenvalue weighted by atomic mass is 10.1. The van der Waals surface area contributed by atoms with Crippen LogP contribution < -0.4 is 4.74 Å². The second-order valence-electron chi connectivity index (χ2n) is 4.31. The van der Waals surface area contributed by atoms with Crippen molar-refractivity contribution in [2.45, 2.75) is 25.8 Å². The second kappa shape index (κ2) is 6.01. The molecule has 0 saturated carbocycles. The van der Waals surface area contributed by atoms with E-state index < -0.39 is 0 Å². The van der Waals surface area contributed by atoms with E-state index in [9.17, 15) is 0 Å². The van der Waals surface area contributed by atoms with Crippen LogP contribution in [0.4, 0.5) is 0 Å². The molecule has 0 aliphatic rings. The molecular weight excluding hydrogens is 290 g/mol. The Balaban J connectivity index is 2.10. The molecule has 0 radical (unpaired) electrons. The summed E-state index contributed by atoms with van der Waals surface area (Å²) in [5.74, 6) is 0.846. The summed E-state index contributed by atoms with van der Waals surface area (Å²) >= 11 is 3.44. The van der Waals surface area contributed by atoms with Crippen LogP contribution in [-0.4, -0.2) is 4.98 Å². The lowest BCUT2D eigenvalue weighted by molar-refractivity contribution is 0.302. The standard InChI is InChI=1S/C15H16BrNO/c1-11-4-3-5-13(8-11)10-18-15-7-6-12(2)17-14(15)9-16/h3-8H,9-10H2,1-2H3. The van der Waals surface area contributed by atoms with Gasteiger partial charge < -0.3 is 4.74 Å². The number of aromatic nitrogens is 1. The first kappa shape index (κ1) is 13.1. The summed E-state index contributed by atoms with van der Waals surface area (Å²) in [6.07, 6.45) is 0. The Hall–Kier alpha value is -1.35. The molecule has 0 aliphatic heterocycles. The van der Waals surface area contributed by atoms with Crippen molar-refractivity contribution in [3.8, 4) is 5.75 Å². The van der Waals surface area contributed by atoms with Crippen molar-refractivity contribution in [1.29, 1.82) is 0 Å². The smallest absolute Gasteiger partial charge is 0.142 e. The molecule has 0 spiro atoms. The van der Waals surface area contributed by atoms with Crippen LogP contribution in [0.1, 0.15) is 22.5 Å². The first-order valence-corrected chi connectivity index (χ1v) is 7.02. The fourth-order valence-corrected chi connectivity index (χ4v) is 2.19. The van der Waals surface area contributed by atoms with Gasteiger partial charge in [-0.1, -0.05) is 45.8 Å². The lowest BCUT2D eigenvalue weighted by Gasteiger charge is -2.10. The molecule has 0 fully saturated rings. The molecule has 0 saturated heterocycles. The van der Waals surface area contributed by atoms with E-state index >= 15 is 0 Å². The normalized spacial score (nSPS) is 10.4. The van der Waals surface area contributed by atoms with Crippen molar-refractivity contribution in [2.75, 3.05) is 0 Å². The van der Waals surface area contributed by atoms with Gasteiger partial charge in [0.2, 0.25) is 0 Å². The van der Waals surface area contributed by atoms with E-state index in [-0.39, 0.29) is 0 Å². The van der Waals surface area contributed by atoms with Crippen LogP contribution in [0.5, 0.6) is 5.75 Å². The third kappa shape index (κ3) is 3.33. The Morgan fingerprint density at radius 3 is 2.72 bits per heavy atom. The average Bonchev–Trinajstić information content (AvgIpc) is 2.37. The van der Waals surface area contributed by atoms with Crippen molar-refractivity contribution in [3.63, 3.8) is 0 Å². The molecule has 94 valence electrons. The number of halogens is 1. The summed E-state index contributed by atoms with van der Waals surface area (Å²) < 4.78 is 5.83. The number of alkyl halides is 1. The van der Waals surface area contributed by atoms with Crippen LogP contribution in [0.3, 0.4) is 0 Å². The lowest BCUT2D eigenvalue weighted by Crippen LogP contribution is -2.00. The number of benzene rings is 1. The minimum atomic E-state index is 0.576. The number of pyridine rings is 1. The van der Waals surface area contributed by atoms with Gasteiger partial charge in [0.15, 0.2) is 0 Å². The van der Waals surface area contributed by atoms with Crippen LogP contribution in [0.2, 0.25) is 0 Å². The summed E-state index contributed by atoms with van der Waals surface area (Å²) in [4.78, 5) is 4.45. The molecule has 2 nitrogen and oxygen atoms in total. The van der Waals surface area contributed by atoms with E-state index in [4.69, 9.17) is 4.74 Å². The summed E-state index contributed by atoms with van der Waals surface area (Å²) in [6.45, 7) is 4.64. The third-order valence-electron chi connectivity index (χ3n) is 2.68. The van der Waals surface area contributed by atoms with E-state index in [1.165, 1.54) is 11.1 Å². The highest BCUT2D eigenvalue weighted by Crippen LogP contribution is 2.20. The Kier molecular flexibility index (Phi) is 4.37. The Morgan fingerprint density at radius 2 is 2.00 bits per heavy atom. The first-order valence-electron chi connectivity index (χ1n) is 5.90. The van der Waals surface area contributed by atoms with Crippen molar-refractivity contribution in [3.05, 3.63) is 58.9 Å². The predicted octanol–water partition coefficient (Wildman–Crippen LogP) is 4.17. The minimum absolute atomic E-state index is 0.576. The molecule has 18 heavy (non-hydrogen) atoms. The fourth-order valence-electron chi connectivity index (χ4n) is 1.79. The zero-order chi connectivity index (χ0) is 13.0. The highest BCUT2D eigenvalue weighted by molar-refractivity contribution is 9.08. The highest BCUT2D eigenvalue weighted by atomic mass is 79.9. The highest BCUT2D eigenvalue weighted by Gasteiger charge is 2.05. The molecule has 1 aromatic carbocycles. The molecule has 1 aromatic heterocycles. The van der Waals surface area contributed by atoms with Gasteiger partial charge >= 0.3 is 0 Å². The maximum atomic E-state index is 5.83. The van der Waals surface area contributed by atoms with Gasteiger partial charge in [0.1, 0.15) is 12.4 Å². The van der Waals surface area contributed by atoms with Crippen LogP contribution in [0.25, 0.3) is 0 Å². The van der Waals surface area contributed by atoms with Crippen molar-refractivity contribution >= 4 is 15.9 Å². The topological polar surface area (TPSA) is 22.1 Å². The molecule has 0 bridgehead atoms. The van der Waals surface area contributed by atoms with Gasteiger partial charge in [-0.3, -0.25) is 4.98 Å². The zero-order valence-corrected chi connectivity index (χ0v) is 12.2. The van der Waals surface area contributed by atoms with E-state index in [0.29, 0.717) is 11.9 Å².